The minimum absolute atomic E-state index is 0.0145. The Kier molecular flexibility index (Phi) is 6.39. The predicted molar refractivity (Wildman–Crippen MR) is 73.6 cm³/mol. The van der Waals surface area contributed by atoms with Gasteiger partial charge >= 0.3 is 0 Å². The maximum Gasteiger partial charge on any atom is 0.225 e. The average molecular weight is 250 g/mol. The Morgan fingerprint density at radius 2 is 2.06 bits per heavy atom. The first-order valence-corrected chi connectivity index (χ1v) is 6.36. The van der Waals surface area contributed by atoms with E-state index in [-0.39, 0.29) is 12.5 Å². The highest BCUT2D eigenvalue weighted by Gasteiger charge is 2.07. The number of hydrogen-bond donors (Lipinski definition) is 2. The van der Waals surface area contributed by atoms with Crippen LogP contribution in [0.1, 0.15) is 18.9 Å². The summed E-state index contributed by atoms with van der Waals surface area (Å²) in [5, 5.41) is 11.8. The van der Waals surface area contributed by atoms with Gasteiger partial charge in [-0.1, -0.05) is 25.1 Å². The third-order valence-electron chi connectivity index (χ3n) is 2.94. The van der Waals surface area contributed by atoms with Crippen molar-refractivity contribution in [3.8, 4) is 0 Å². The lowest BCUT2D eigenvalue weighted by Crippen LogP contribution is -2.30. The lowest BCUT2D eigenvalue weighted by atomic mass is 10.2. The van der Waals surface area contributed by atoms with Crippen LogP contribution in [0.2, 0.25) is 0 Å². The van der Waals surface area contributed by atoms with E-state index in [2.05, 4.69) is 10.2 Å². The molecule has 0 saturated heterocycles. The molecule has 4 heteroatoms. The molecule has 0 aliphatic carbocycles. The third-order valence-corrected chi connectivity index (χ3v) is 2.94. The Balaban J connectivity index is 2.40. The van der Waals surface area contributed by atoms with Crippen LogP contribution in [0.25, 0.3) is 0 Å². The zero-order chi connectivity index (χ0) is 13.4. The normalized spacial score (nSPS) is 10.7. The summed E-state index contributed by atoms with van der Waals surface area (Å²) < 4.78 is 0. The van der Waals surface area contributed by atoms with Crippen LogP contribution < -0.4 is 5.32 Å². The fourth-order valence-corrected chi connectivity index (χ4v) is 1.75. The molecule has 2 N–H and O–H groups in total. The maximum atomic E-state index is 11.8. The molecule has 1 aromatic rings. The molecule has 0 atom stereocenters. The first-order chi connectivity index (χ1) is 8.67. The maximum absolute atomic E-state index is 11.8. The standard InChI is InChI=1S/C14H22N2O2/c1-3-16(10-11-17)9-8-14(18)15-13-7-5-4-6-12(13)2/h4-7,17H,3,8-11H2,1-2H3,(H,15,18). The van der Waals surface area contributed by atoms with Crippen molar-refractivity contribution in [2.45, 2.75) is 20.3 Å². The van der Waals surface area contributed by atoms with E-state index >= 15 is 0 Å². The average Bonchev–Trinajstić information content (AvgIpc) is 2.37. The van der Waals surface area contributed by atoms with E-state index in [0.717, 1.165) is 17.8 Å². The molecule has 0 heterocycles. The van der Waals surface area contributed by atoms with Gasteiger partial charge in [-0.05, 0) is 25.1 Å². The monoisotopic (exact) mass is 250 g/mol. The Labute approximate surface area is 109 Å². The van der Waals surface area contributed by atoms with Crippen molar-refractivity contribution in [3.05, 3.63) is 29.8 Å². The van der Waals surface area contributed by atoms with Crippen molar-refractivity contribution in [1.82, 2.24) is 4.90 Å². The summed E-state index contributed by atoms with van der Waals surface area (Å²) in [7, 11) is 0. The number of aliphatic hydroxyl groups excluding tert-OH is 1. The first-order valence-electron chi connectivity index (χ1n) is 6.36. The fourth-order valence-electron chi connectivity index (χ4n) is 1.75. The summed E-state index contributed by atoms with van der Waals surface area (Å²) in [6.07, 6.45) is 0.447. The summed E-state index contributed by atoms with van der Waals surface area (Å²) in [4.78, 5) is 13.8. The van der Waals surface area contributed by atoms with Crippen LogP contribution in [0.3, 0.4) is 0 Å². The topological polar surface area (TPSA) is 52.6 Å². The van der Waals surface area contributed by atoms with Crippen LogP contribution >= 0.6 is 0 Å². The number of nitrogens with one attached hydrogen (secondary N) is 1. The van der Waals surface area contributed by atoms with Crippen molar-refractivity contribution < 1.29 is 9.90 Å². The molecule has 4 nitrogen and oxygen atoms in total. The van der Waals surface area contributed by atoms with Crippen molar-refractivity contribution in [1.29, 1.82) is 0 Å². The Morgan fingerprint density at radius 3 is 2.67 bits per heavy atom. The quantitative estimate of drug-likeness (QED) is 0.773. The molecule has 0 aliphatic heterocycles. The minimum atomic E-state index is 0.0145. The zero-order valence-corrected chi connectivity index (χ0v) is 11.1. The Hall–Kier alpha value is -1.39. The fraction of sp³-hybridized carbons (Fsp3) is 0.500. The van der Waals surface area contributed by atoms with E-state index in [1.54, 1.807) is 0 Å². The highest BCUT2D eigenvalue weighted by molar-refractivity contribution is 5.91. The van der Waals surface area contributed by atoms with E-state index in [4.69, 9.17) is 5.11 Å². The number of rotatable bonds is 7. The largest absolute Gasteiger partial charge is 0.395 e. The molecular formula is C14H22N2O2. The molecule has 0 aliphatic rings. The number of carbonyl (C=O) groups excluding carboxylic acids is 1. The molecule has 0 unspecified atom stereocenters. The number of aliphatic hydroxyl groups is 1. The predicted octanol–water partition coefficient (Wildman–Crippen LogP) is 1.64. The van der Waals surface area contributed by atoms with Gasteiger partial charge in [-0.3, -0.25) is 4.79 Å². The number of nitrogens with zero attached hydrogens (tertiary/aromatic N) is 1. The first kappa shape index (κ1) is 14.7. The smallest absolute Gasteiger partial charge is 0.225 e. The van der Waals surface area contributed by atoms with Crippen molar-refractivity contribution in [3.63, 3.8) is 0 Å². The van der Waals surface area contributed by atoms with E-state index in [1.807, 2.05) is 38.1 Å². The van der Waals surface area contributed by atoms with Gasteiger partial charge in [-0.2, -0.15) is 0 Å². The molecular weight excluding hydrogens is 228 g/mol. The van der Waals surface area contributed by atoms with Gasteiger partial charge in [0.2, 0.25) is 5.91 Å². The van der Waals surface area contributed by atoms with Gasteiger partial charge in [0.25, 0.3) is 0 Å². The number of para-hydroxylation sites is 1. The van der Waals surface area contributed by atoms with Crippen LogP contribution in [-0.4, -0.2) is 42.2 Å². The van der Waals surface area contributed by atoms with Crippen LogP contribution in [-0.2, 0) is 4.79 Å². The van der Waals surface area contributed by atoms with Gasteiger partial charge in [-0.15, -0.1) is 0 Å². The van der Waals surface area contributed by atoms with Crippen molar-refractivity contribution in [2.24, 2.45) is 0 Å². The second kappa shape index (κ2) is 7.84. The number of aryl methyl sites for hydroxylation is 1. The lowest BCUT2D eigenvalue weighted by Gasteiger charge is -2.18. The van der Waals surface area contributed by atoms with Gasteiger partial charge in [0.05, 0.1) is 6.61 Å². The highest BCUT2D eigenvalue weighted by Crippen LogP contribution is 2.13. The molecule has 0 fully saturated rings. The van der Waals surface area contributed by atoms with Gasteiger partial charge in [0, 0.05) is 25.2 Å². The summed E-state index contributed by atoms with van der Waals surface area (Å²) in [6.45, 7) is 6.27. The van der Waals surface area contributed by atoms with Crippen LogP contribution in [0, 0.1) is 6.92 Å². The third kappa shape index (κ3) is 4.85. The number of carbonyl (C=O) groups is 1. The van der Waals surface area contributed by atoms with Crippen LogP contribution in [0.5, 0.6) is 0 Å². The van der Waals surface area contributed by atoms with Gasteiger partial charge in [0.1, 0.15) is 0 Å². The molecule has 1 aromatic carbocycles. The molecule has 18 heavy (non-hydrogen) atoms. The molecule has 1 amide bonds. The summed E-state index contributed by atoms with van der Waals surface area (Å²) >= 11 is 0. The Morgan fingerprint density at radius 1 is 1.33 bits per heavy atom. The number of likely N-dealkylation sites (N-methyl/N-ethyl adjacent to an activating group) is 1. The molecule has 0 radical (unpaired) electrons. The number of benzene rings is 1. The Bertz CT molecular complexity index is 380. The van der Waals surface area contributed by atoms with E-state index in [1.165, 1.54) is 0 Å². The summed E-state index contributed by atoms with van der Waals surface area (Å²) in [5.74, 6) is 0.0145. The lowest BCUT2D eigenvalue weighted by molar-refractivity contribution is -0.116. The molecule has 100 valence electrons. The number of hydrogen-bond acceptors (Lipinski definition) is 3. The molecule has 0 aromatic heterocycles. The van der Waals surface area contributed by atoms with Crippen LogP contribution in [0.4, 0.5) is 5.69 Å². The number of amides is 1. The number of anilines is 1. The molecule has 1 rings (SSSR count). The van der Waals surface area contributed by atoms with Gasteiger partial charge in [0.15, 0.2) is 0 Å². The summed E-state index contributed by atoms with van der Waals surface area (Å²) in [6, 6.07) is 7.73. The minimum Gasteiger partial charge on any atom is -0.395 e. The highest BCUT2D eigenvalue weighted by atomic mass is 16.3. The van der Waals surface area contributed by atoms with Crippen molar-refractivity contribution in [2.75, 3.05) is 31.6 Å². The van der Waals surface area contributed by atoms with E-state index < -0.39 is 0 Å². The van der Waals surface area contributed by atoms with Crippen molar-refractivity contribution >= 4 is 11.6 Å². The second-order valence-corrected chi connectivity index (χ2v) is 4.27. The molecule has 0 bridgehead atoms. The van der Waals surface area contributed by atoms with Gasteiger partial charge < -0.3 is 15.3 Å². The SMILES string of the molecule is CCN(CCO)CCC(=O)Nc1ccccc1C. The second-order valence-electron chi connectivity index (χ2n) is 4.27. The van der Waals surface area contributed by atoms with Crippen LogP contribution in [0.15, 0.2) is 24.3 Å². The summed E-state index contributed by atoms with van der Waals surface area (Å²) in [5.41, 5.74) is 1.93. The van der Waals surface area contributed by atoms with Gasteiger partial charge in [-0.25, -0.2) is 0 Å². The molecule has 0 spiro atoms. The van der Waals surface area contributed by atoms with E-state index in [0.29, 0.717) is 19.5 Å². The molecule has 0 saturated carbocycles. The zero-order valence-electron chi connectivity index (χ0n) is 11.1. The van der Waals surface area contributed by atoms with E-state index in [9.17, 15) is 4.79 Å².